The molecule has 0 amide bonds. The minimum Gasteiger partial charge on any atom is -0.352 e. The number of benzene rings is 1. The van der Waals surface area contributed by atoms with Gasteiger partial charge in [-0.2, -0.15) is 5.10 Å². The molecular formula is C16H21N5. The monoisotopic (exact) mass is 283 g/mol. The molecule has 0 spiro atoms. The van der Waals surface area contributed by atoms with Gasteiger partial charge in [0.2, 0.25) is 0 Å². The number of hydrogen-bond acceptors (Lipinski definition) is 5. The van der Waals surface area contributed by atoms with Gasteiger partial charge in [-0.05, 0) is 11.6 Å². The molecule has 1 fully saturated rings. The third kappa shape index (κ3) is 3.37. The summed E-state index contributed by atoms with van der Waals surface area (Å²) in [5, 5.41) is 8.25. The van der Waals surface area contributed by atoms with Crippen molar-refractivity contribution in [1.29, 1.82) is 0 Å². The predicted molar refractivity (Wildman–Crippen MR) is 83.9 cm³/mol. The van der Waals surface area contributed by atoms with E-state index < -0.39 is 0 Å². The molecule has 1 aromatic carbocycles. The van der Waals surface area contributed by atoms with Gasteiger partial charge in [-0.15, -0.1) is 5.10 Å². The summed E-state index contributed by atoms with van der Waals surface area (Å²) < 4.78 is 0. The highest BCUT2D eigenvalue weighted by molar-refractivity contribution is 5.45. The van der Waals surface area contributed by atoms with E-state index in [0.717, 1.165) is 44.1 Å². The van der Waals surface area contributed by atoms with E-state index in [0.29, 0.717) is 6.54 Å². The first-order chi connectivity index (χ1) is 10.4. The van der Waals surface area contributed by atoms with Gasteiger partial charge in [0.05, 0.1) is 6.20 Å². The van der Waals surface area contributed by atoms with Crippen LogP contribution < -0.4 is 10.6 Å². The fourth-order valence-electron chi connectivity index (χ4n) is 2.74. The number of piperazine rings is 1. The molecule has 3 rings (SSSR count). The van der Waals surface area contributed by atoms with Gasteiger partial charge in [-0.25, -0.2) is 0 Å². The molecule has 0 radical (unpaired) electrons. The zero-order valence-corrected chi connectivity index (χ0v) is 12.2. The fraction of sp³-hybridized carbons (Fsp3) is 0.375. The van der Waals surface area contributed by atoms with Crippen molar-refractivity contribution in [3.63, 3.8) is 0 Å². The lowest BCUT2D eigenvalue weighted by atomic mass is 10.2. The van der Waals surface area contributed by atoms with Crippen LogP contribution in [0.3, 0.4) is 0 Å². The predicted octanol–water partition coefficient (Wildman–Crippen LogP) is 1.26. The second kappa shape index (κ2) is 6.65. The molecule has 110 valence electrons. The number of aromatic nitrogens is 2. The van der Waals surface area contributed by atoms with Crippen molar-refractivity contribution in [2.75, 3.05) is 31.1 Å². The third-order valence-corrected chi connectivity index (χ3v) is 3.92. The normalized spacial score (nSPS) is 16.1. The van der Waals surface area contributed by atoms with Crippen LogP contribution >= 0.6 is 0 Å². The Bertz CT molecular complexity index is 564. The van der Waals surface area contributed by atoms with Crippen LogP contribution in [0.1, 0.15) is 11.1 Å². The van der Waals surface area contributed by atoms with E-state index in [1.54, 1.807) is 6.20 Å². The van der Waals surface area contributed by atoms with Crippen molar-refractivity contribution in [1.82, 2.24) is 15.1 Å². The van der Waals surface area contributed by atoms with E-state index in [4.69, 9.17) is 5.73 Å². The molecule has 5 heteroatoms. The Labute approximate surface area is 125 Å². The van der Waals surface area contributed by atoms with Gasteiger partial charge in [0.15, 0.2) is 5.82 Å². The number of nitrogens with two attached hydrogens (primary N) is 1. The maximum atomic E-state index is 5.78. The van der Waals surface area contributed by atoms with E-state index in [1.165, 1.54) is 5.56 Å². The van der Waals surface area contributed by atoms with Gasteiger partial charge in [0.1, 0.15) is 0 Å². The Balaban J connectivity index is 1.60. The highest BCUT2D eigenvalue weighted by Gasteiger charge is 2.20. The van der Waals surface area contributed by atoms with Gasteiger partial charge < -0.3 is 10.6 Å². The third-order valence-electron chi connectivity index (χ3n) is 3.92. The quantitative estimate of drug-likeness (QED) is 0.915. The Hall–Kier alpha value is -1.98. The summed E-state index contributed by atoms with van der Waals surface area (Å²) in [7, 11) is 0. The molecule has 0 saturated carbocycles. The van der Waals surface area contributed by atoms with Crippen molar-refractivity contribution in [3.05, 3.63) is 53.7 Å². The summed E-state index contributed by atoms with van der Waals surface area (Å²) in [6.07, 6.45) is 1.71. The van der Waals surface area contributed by atoms with Crippen LogP contribution in [0, 0.1) is 0 Å². The summed E-state index contributed by atoms with van der Waals surface area (Å²) in [5.74, 6) is 0.944. The van der Waals surface area contributed by atoms with Crippen LogP contribution in [-0.4, -0.2) is 41.3 Å². The van der Waals surface area contributed by atoms with Gasteiger partial charge in [-0.1, -0.05) is 30.3 Å². The zero-order valence-electron chi connectivity index (χ0n) is 12.2. The van der Waals surface area contributed by atoms with Gasteiger partial charge in [-0.3, -0.25) is 4.90 Å². The van der Waals surface area contributed by atoms with Crippen molar-refractivity contribution in [3.8, 4) is 0 Å². The minimum atomic E-state index is 0.509. The molecule has 2 aromatic rings. The molecule has 0 unspecified atom stereocenters. The first-order valence-electron chi connectivity index (χ1n) is 7.38. The molecule has 2 N–H and O–H groups in total. The molecule has 21 heavy (non-hydrogen) atoms. The van der Waals surface area contributed by atoms with E-state index in [-0.39, 0.29) is 0 Å². The van der Waals surface area contributed by atoms with Crippen molar-refractivity contribution in [2.45, 2.75) is 13.1 Å². The van der Waals surface area contributed by atoms with E-state index in [2.05, 4.69) is 50.3 Å². The summed E-state index contributed by atoms with van der Waals surface area (Å²) in [4.78, 5) is 4.76. The van der Waals surface area contributed by atoms with Crippen LogP contribution in [0.5, 0.6) is 0 Å². The maximum Gasteiger partial charge on any atom is 0.155 e. The summed E-state index contributed by atoms with van der Waals surface area (Å²) >= 11 is 0. The SMILES string of the molecule is NCc1ccnnc1N1CCN(Cc2ccccc2)CC1. The molecule has 1 aromatic heterocycles. The highest BCUT2D eigenvalue weighted by Crippen LogP contribution is 2.18. The molecule has 1 saturated heterocycles. The molecule has 0 bridgehead atoms. The molecule has 1 aliphatic heterocycles. The van der Waals surface area contributed by atoms with Gasteiger partial charge in [0.25, 0.3) is 0 Å². The van der Waals surface area contributed by atoms with Gasteiger partial charge >= 0.3 is 0 Å². The van der Waals surface area contributed by atoms with E-state index >= 15 is 0 Å². The Kier molecular flexibility index (Phi) is 4.43. The van der Waals surface area contributed by atoms with Crippen LogP contribution in [0.4, 0.5) is 5.82 Å². The first-order valence-corrected chi connectivity index (χ1v) is 7.38. The molecule has 0 atom stereocenters. The van der Waals surface area contributed by atoms with Crippen LogP contribution in [0.2, 0.25) is 0 Å². The van der Waals surface area contributed by atoms with Crippen LogP contribution in [0.15, 0.2) is 42.6 Å². The Morgan fingerprint density at radius 2 is 1.76 bits per heavy atom. The molecular weight excluding hydrogens is 262 g/mol. The number of hydrogen-bond donors (Lipinski definition) is 1. The van der Waals surface area contributed by atoms with E-state index in [1.807, 2.05) is 6.07 Å². The number of anilines is 1. The van der Waals surface area contributed by atoms with E-state index in [9.17, 15) is 0 Å². The molecule has 5 nitrogen and oxygen atoms in total. The highest BCUT2D eigenvalue weighted by atomic mass is 15.3. The Morgan fingerprint density at radius 1 is 1.00 bits per heavy atom. The average molecular weight is 283 g/mol. The van der Waals surface area contributed by atoms with Crippen LogP contribution in [-0.2, 0) is 13.1 Å². The van der Waals surface area contributed by atoms with Gasteiger partial charge in [0, 0.05) is 44.8 Å². The Morgan fingerprint density at radius 3 is 2.48 bits per heavy atom. The topological polar surface area (TPSA) is 58.3 Å². The lowest BCUT2D eigenvalue weighted by Gasteiger charge is -2.35. The second-order valence-corrected chi connectivity index (χ2v) is 5.33. The standard InChI is InChI=1S/C16H21N5/c17-12-15-6-7-18-19-16(15)21-10-8-20(9-11-21)13-14-4-2-1-3-5-14/h1-7H,8-13,17H2. The van der Waals surface area contributed by atoms with Crippen molar-refractivity contribution in [2.24, 2.45) is 5.73 Å². The minimum absolute atomic E-state index is 0.509. The zero-order chi connectivity index (χ0) is 14.5. The molecule has 0 aliphatic carbocycles. The maximum absolute atomic E-state index is 5.78. The summed E-state index contributed by atoms with van der Waals surface area (Å²) in [5.41, 5.74) is 8.22. The van der Waals surface area contributed by atoms with Crippen molar-refractivity contribution >= 4 is 5.82 Å². The largest absolute Gasteiger partial charge is 0.352 e. The summed E-state index contributed by atoms with van der Waals surface area (Å²) in [6.45, 7) is 5.54. The molecule has 2 heterocycles. The summed E-state index contributed by atoms with van der Waals surface area (Å²) in [6, 6.07) is 12.6. The fourth-order valence-corrected chi connectivity index (χ4v) is 2.74. The number of nitrogens with zero attached hydrogens (tertiary/aromatic N) is 4. The van der Waals surface area contributed by atoms with Crippen molar-refractivity contribution < 1.29 is 0 Å². The first kappa shape index (κ1) is 14.0. The lowest BCUT2D eigenvalue weighted by molar-refractivity contribution is 0.249. The molecule has 1 aliphatic rings. The van der Waals surface area contributed by atoms with Crippen LogP contribution in [0.25, 0.3) is 0 Å². The second-order valence-electron chi connectivity index (χ2n) is 5.33. The average Bonchev–Trinajstić information content (AvgIpc) is 2.56. The lowest BCUT2D eigenvalue weighted by Crippen LogP contribution is -2.46. The smallest absolute Gasteiger partial charge is 0.155 e. The number of rotatable bonds is 4.